The van der Waals surface area contributed by atoms with Gasteiger partial charge in [0.1, 0.15) is 24.4 Å². The Morgan fingerprint density at radius 2 is 1.05 bits per heavy atom. The van der Waals surface area contributed by atoms with Crippen molar-refractivity contribution in [1.29, 1.82) is 0 Å². The second-order valence-electron chi connectivity index (χ2n) is 17.4. The van der Waals surface area contributed by atoms with Gasteiger partial charge in [-0.3, -0.25) is 9.35 Å². The number of allylic oxidation sites excluding steroid dienone is 3. The zero-order valence-electron chi connectivity index (χ0n) is 38.5. The van der Waals surface area contributed by atoms with Gasteiger partial charge >= 0.3 is 10.4 Å². The summed E-state index contributed by atoms with van der Waals surface area (Å²) in [4.78, 5) is 13.0. The number of hydrogen-bond donors (Lipinski definition) is 6. The molecule has 1 heterocycles. The molecule has 0 aromatic rings. The number of amides is 1. The number of carbonyl (C=O) groups excluding carboxylic acids is 1. The number of carbonyl (C=O) groups is 1. The summed E-state index contributed by atoms with van der Waals surface area (Å²) in [7, 11) is -5.08. The maximum Gasteiger partial charge on any atom is 0.397 e. The van der Waals surface area contributed by atoms with Gasteiger partial charge in [0.2, 0.25) is 5.91 Å². The SMILES string of the molecule is CCCCCCCC/C=C\CCCCCCCCCCCCCC(=O)NC(CO[C@@H]1O[C@H](CO)[C@H](O)[C@H](OS(=O)(=O)O)C1O)C(O)/C=C/CCCCCCCCCCCCC. The summed E-state index contributed by atoms with van der Waals surface area (Å²) in [5.41, 5.74) is 0. The minimum absolute atomic E-state index is 0.263. The highest BCUT2D eigenvalue weighted by Crippen LogP contribution is 2.26. The van der Waals surface area contributed by atoms with Gasteiger partial charge in [-0.05, 0) is 44.9 Å². The van der Waals surface area contributed by atoms with E-state index in [-0.39, 0.29) is 18.9 Å². The van der Waals surface area contributed by atoms with Crippen molar-refractivity contribution in [2.75, 3.05) is 13.2 Å². The second kappa shape index (κ2) is 39.0. The monoisotopic (exact) mass is 890 g/mol. The third-order valence-electron chi connectivity index (χ3n) is 11.7. The molecule has 0 aromatic heterocycles. The minimum Gasteiger partial charge on any atom is -0.394 e. The summed E-state index contributed by atoms with van der Waals surface area (Å²) in [6.07, 6.45) is 36.4. The summed E-state index contributed by atoms with van der Waals surface area (Å²) in [6, 6.07) is -0.941. The maximum atomic E-state index is 13.0. The van der Waals surface area contributed by atoms with Crippen LogP contribution < -0.4 is 5.32 Å². The van der Waals surface area contributed by atoms with Crippen LogP contribution in [-0.2, 0) is 28.9 Å². The van der Waals surface area contributed by atoms with Gasteiger partial charge in [0.25, 0.3) is 0 Å². The van der Waals surface area contributed by atoms with Crippen molar-refractivity contribution in [2.24, 2.45) is 0 Å². The van der Waals surface area contributed by atoms with Crippen LogP contribution in [0.2, 0.25) is 0 Å². The largest absolute Gasteiger partial charge is 0.397 e. The Morgan fingerprint density at radius 3 is 1.48 bits per heavy atom. The summed E-state index contributed by atoms with van der Waals surface area (Å²) in [5, 5.41) is 44.7. The molecule has 0 spiro atoms. The molecule has 360 valence electrons. The molecule has 7 atom stereocenters. The van der Waals surface area contributed by atoms with Gasteiger partial charge in [0, 0.05) is 6.42 Å². The van der Waals surface area contributed by atoms with Crippen LogP contribution in [0.3, 0.4) is 0 Å². The fourth-order valence-corrected chi connectivity index (χ4v) is 8.37. The average Bonchev–Trinajstić information content (AvgIpc) is 3.23. The molecule has 13 heteroatoms. The number of ether oxygens (including phenoxy) is 2. The van der Waals surface area contributed by atoms with Crippen molar-refractivity contribution < 1.29 is 51.8 Å². The normalized spacial score (nSPS) is 20.8. The van der Waals surface area contributed by atoms with E-state index in [1.165, 1.54) is 154 Å². The molecule has 0 aromatic carbocycles. The first-order valence-electron chi connectivity index (χ1n) is 24.7. The van der Waals surface area contributed by atoms with E-state index in [4.69, 9.17) is 9.47 Å². The van der Waals surface area contributed by atoms with E-state index < -0.39 is 59.9 Å². The van der Waals surface area contributed by atoms with E-state index in [0.717, 1.165) is 38.5 Å². The van der Waals surface area contributed by atoms with Gasteiger partial charge in [-0.25, -0.2) is 4.18 Å². The van der Waals surface area contributed by atoms with Crippen molar-refractivity contribution >= 4 is 16.3 Å². The van der Waals surface area contributed by atoms with E-state index in [2.05, 4.69) is 35.5 Å². The molecule has 1 aliphatic rings. The molecule has 1 saturated heterocycles. The van der Waals surface area contributed by atoms with Crippen molar-refractivity contribution in [3.8, 4) is 0 Å². The first-order chi connectivity index (χ1) is 29.5. The molecule has 1 amide bonds. The Morgan fingerprint density at radius 1 is 0.639 bits per heavy atom. The van der Waals surface area contributed by atoms with Crippen LogP contribution in [0, 0.1) is 0 Å². The molecule has 0 radical (unpaired) electrons. The zero-order chi connectivity index (χ0) is 44.8. The quantitative estimate of drug-likeness (QED) is 0.0194. The van der Waals surface area contributed by atoms with E-state index >= 15 is 0 Å². The fraction of sp³-hybridized carbons (Fsp3) is 0.896. The predicted molar refractivity (Wildman–Crippen MR) is 245 cm³/mol. The predicted octanol–water partition coefficient (Wildman–Crippen LogP) is 10.1. The van der Waals surface area contributed by atoms with Gasteiger partial charge in [-0.1, -0.05) is 192 Å². The number of hydrogen-bond acceptors (Lipinski definition) is 10. The van der Waals surface area contributed by atoms with Crippen LogP contribution in [0.4, 0.5) is 0 Å². The molecule has 0 saturated carbocycles. The van der Waals surface area contributed by atoms with Crippen LogP contribution in [0.1, 0.15) is 219 Å². The first-order valence-corrected chi connectivity index (χ1v) is 26.1. The van der Waals surface area contributed by atoms with Crippen molar-refractivity contribution in [1.82, 2.24) is 5.32 Å². The molecule has 0 bridgehead atoms. The Bertz CT molecular complexity index is 1190. The highest BCUT2D eigenvalue weighted by molar-refractivity contribution is 7.80. The minimum atomic E-state index is -5.08. The number of nitrogens with one attached hydrogen (secondary N) is 1. The Kier molecular flexibility index (Phi) is 36.8. The number of unbranched alkanes of at least 4 members (excludes halogenated alkanes) is 28. The van der Waals surface area contributed by atoms with Gasteiger partial charge in [0.05, 0.1) is 25.4 Å². The zero-order valence-corrected chi connectivity index (χ0v) is 39.3. The highest BCUT2D eigenvalue weighted by Gasteiger charge is 2.48. The smallest absolute Gasteiger partial charge is 0.394 e. The maximum absolute atomic E-state index is 13.0. The van der Waals surface area contributed by atoms with Gasteiger partial charge in [0.15, 0.2) is 6.29 Å². The first kappa shape index (κ1) is 57.6. The summed E-state index contributed by atoms with van der Waals surface area (Å²) in [5.74, 6) is -0.263. The number of aliphatic hydroxyl groups excluding tert-OH is 4. The molecular weight excluding hydrogens is 799 g/mol. The lowest BCUT2D eigenvalue weighted by atomic mass is 9.99. The van der Waals surface area contributed by atoms with Crippen LogP contribution in [0.15, 0.2) is 24.3 Å². The summed E-state index contributed by atoms with van der Waals surface area (Å²) >= 11 is 0. The van der Waals surface area contributed by atoms with Crippen LogP contribution >= 0.6 is 0 Å². The van der Waals surface area contributed by atoms with Crippen molar-refractivity contribution in [2.45, 2.75) is 262 Å². The molecule has 0 aliphatic carbocycles. The Balaban J connectivity index is 2.44. The third kappa shape index (κ3) is 32.0. The second-order valence-corrected chi connectivity index (χ2v) is 18.4. The van der Waals surface area contributed by atoms with E-state index in [1.54, 1.807) is 6.08 Å². The summed E-state index contributed by atoms with van der Waals surface area (Å²) < 4.78 is 47.6. The number of rotatable bonds is 42. The lowest BCUT2D eigenvalue weighted by Gasteiger charge is -2.41. The molecular formula is C48H91NO11S. The van der Waals surface area contributed by atoms with E-state index in [9.17, 15) is 38.2 Å². The molecule has 3 unspecified atom stereocenters. The molecule has 12 nitrogen and oxygen atoms in total. The Hall–Kier alpha value is -1.42. The van der Waals surface area contributed by atoms with Crippen LogP contribution in [0.25, 0.3) is 0 Å². The van der Waals surface area contributed by atoms with Crippen LogP contribution in [0.5, 0.6) is 0 Å². The third-order valence-corrected chi connectivity index (χ3v) is 12.2. The molecule has 1 fully saturated rings. The van der Waals surface area contributed by atoms with Gasteiger partial charge < -0.3 is 35.2 Å². The Labute approximate surface area is 372 Å². The molecule has 1 rings (SSSR count). The number of aliphatic hydroxyl groups is 4. The molecule has 1 aliphatic heterocycles. The van der Waals surface area contributed by atoms with Gasteiger partial charge in [-0.15, -0.1) is 0 Å². The van der Waals surface area contributed by atoms with E-state index in [0.29, 0.717) is 6.42 Å². The van der Waals surface area contributed by atoms with Crippen molar-refractivity contribution in [3.63, 3.8) is 0 Å². The highest BCUT2D eigenvalue weighted by atomic mass is 32.3. The lowest BCUT2D eigenvalue weighted by molar-refractivity contribution is -0.298. The standard InChI is InChI=1S/C48H91NO11S/c1-3-5-7-9-11-13-15-17-18-19-20-21-22-23-24-26-28-30-32-34-36-38-44(52)49-41(42(51)37-35-33-31-29-27-25-16-14-12-10-8-6-4-2)40-58-48-46(54)47(60-61(55,56)57)45(53)43(39-50)59-48/h17-18,35,37,41-43,45-48,50-51,53-54H,3-16,19-34,36,38-40H2,1-2H3,(H,49,52)(H,55,56,57)/b18-17-,37-35+/t41?,42?,43-,45+,46?,47+,48-/m1/s1. The topological polar surface area (TPSA) is 192 Å². The van der Waals surface area contributed by atoms with Crippen LogP contribution in [-0.4, -0.2) is 95.4 Å². The molecule has 61 heavy (non-hydrogen) atoms. The van der Waals surface area contributed by atoms with Gasteiger partial charge in [-0.2, -0.15) is 8.42 Å². The summed E-state index contributed by atoms with van der Waals surface area (Å²) in [6.45, 7) is 3.38. The van der Waals surface area contributed by atoms with E-state index in [1.807, 2.05) is 6.08 Å². The fourth-order valence-electron chi connectivity index (χ4n) is 7.86. The average molecular weight is 890 g/mol. The lowest BCUT2D eigenvalue weighted by Crippen LogP contribution is -2.61. The molecule has 6 N–H and O–H groups in total. The van der Waals surface area contributed by atoms with Crippen molar-refractivity contribution in [3.05, 3.63) is 24.3 Å².